The van der Waals surface area contributed by atoms with Crippen LogP contribution in [0.25, 0.3) is 20.8 Å². The highest BCUT2D eigenvalue weighted by molar-refractivity contribution is 7.21. The molecule has 0 aliphatic rings. The van der Waals surface area contributed by atoms with E-state index >= 15 is 0 Å². The molecule has 2 aromatic heterocycles. The van der Waals surface area contributed by atoms with Gasteiger partial charge in [-0.25, -0.2) is 4.98 Å². The molecule has 2 heterocycles. The predicted octanol–water partition coefficient (Wildman–Crippen LogP) is 4.82. The van der Waals surface area contributed by atoms with E-state index in [1.807, 2.05) is 42.5 Å². The van der Waals surface area contributed by atoms with Gasteiger partial charge in [0.2, 0.25) is 0 Å². The van der Waals surface area contributed by atoms with Crippen molar-refractivity contribution in [2.24, 2.45) is 0 Å². The third kappa shape index (κ3) is 2.92. The Labute approximate surface area is 148 Å². The second kappa shape index (κ2) is 6.14. The fraction of sp³-hybridized carbons (Fsp3) is 0.105. The fourth-order valence-corrected chi connectivity index (χ4v) is 3.69. The standard InChI is InChI=1S/C19H15N3O2S/c1-11-17(12(2)24-22-11)18(23)20-14-7-5-6-13(10-14)19-21-15-8-3-4-9-16(15)25-19/h3-10H,1-2H3,(H,20,23). The quantitative estimate of drug-likeness (QED) is 0.576. The number of nitrogens with one attached hydrogen (secondary N) is 1. The van der Waals surface area contributed by atoms with Crippen molar-refractivity contribution in [2.75, 3.05) is 5.32 Å². The summed E-state index contributed by atoms with van der Waals surface area (Å²) in [5, 5.41) is 7.66. The van der Waals surface area contributed by atoms with E-state index in [1.54, 1.807) is 25.2 Å². The highest BCUT2D eigenvalue weighted by Crippen LogP contribution is 2.31. The number of nitrogens with zero attached hydrogens (tertiary/aromatic N) is 2. The van der Waals surface area contributed by atoms with Crippen LogP contribution in [0.4, 0.5) is 5.69 Å². The Bertz CT molecular complexity index is 1030. The summed E-state index contributed by atoms with van der Waals surface area (Å²) in [5.41, 5.74) is 3.72. The van der Waals surface area contributed by atoms with Gasteiger partial charge < -0.3 is 9.84 Å². The molecule has 0 atom stereocenters. The van der Waals surface area contributed by atoms with Crippen molar-refractivity contribution in [2.45, 2.75) is 13.8 Å². The number of para-hydroxylation sites is 1. The Balaban J connectivity index is 1.64. The molecular weight excluding hydrogens is 334 g/mol. The molecular formula is C19H15N3O2S. The Hall–Kier alpha value is -2.99. The topological polar surface area (TPSA) is 68.0 Å². The summed E-state index contributed by atoms with van der Waals surface area (Å²) in [4.78, 5) is 17.1. The number of carbonyl (C=O) groups is 1. The number of thiazole rings is 1. The number of fused-ring (bicyclic) bond motifs is 1. The number of amides is 1. The molecule has 0 saturated carbocycles. The highest BCUT2D eigenvalue weighted by atomic mass is 32.1. The molecule has 4 rings (SSSR count). The van der Waals surface area contributed by atoms with Crippen molar-refractivity contribution < 1.29 is 9.32 Å². The Morgan fingerprint density at radius 3 is 2.72 bits per heavy atom. The van der Waals surface area contributed by atoms with Gasteiger partial charge in [0.05, 0.1) is 15.9 Å². The zero-order valence-corrected chi connectivity index (χ0v) is 14.6. The molecule has 5 nitrogen and oxygen atoms in total. The lowest BCUT2D eigenvalue weighted by Crippen LogP contribution is -2.13. The maximum atomic E-state index is 12.5. The second-order valence-electron chi connectivity index (χ2n) is 5.72. The molecule has 0 radical (unpaired) electrons. The lowest BCUT2D eigenvalue weighted by atomic mass is 10.1. The molecule has 124 valence electrons. The van der Waals surface area contributed by atoms with Crippen LogP contribution in [-0.2, 0) is 0 Å². The Kier molecular flexibility index (Phi) is 3.82. The first-order chi connectivity index (χ1) is 12.1. The van der Waals surface area contributed by atoms with Crippen LogP contribution in [0, 0.1) is 13.8 Å². The van der Waals surface area contributed by atoms with Gasteiger partial charge in [0.15, 0.2) is 0 Å². The minimum absolute atomic E-state index is 0.224. The summed E-state index contributed by atoms with van der Waals surface area (Å²) in [6, 6.07) is 15.7. The summed E-state index contributed by atoms with van der Waals surface area (Å²) in [6.07, 6.45) is 0. The number of carbonyl (C=O) groups excluding carboxylic acids is 1. The van der Waals surface area contributed by atoms with Gasteiger partial charge >= 0.3 is 0 Å². The van der Waals surface area contributed by atoms with Crippen LogP contribution in [-0.4, -0.2) is 16.0 Å². The van der Waals surface area contributed by atoms with Gasteiger partial charge in [0.25, 0.3) is 5.91 Å². The zero-order chi connectivity index (χ0) is 17.4. The zero-order valence-electron chi connectivity index (χ0n) is 13.7. The van der Waals surface area contributed by atoms with Gasteiger partial charge in [-0.3, -0.25) is 4.79 Å². The molecule has 0 saturated heterocycles. The van der Waals surface area contributed by atoms with Crippen LogP contribution < -0.4 is 5.32 Å². The minimum Gasteiger partial charge on any atom is -0.361 e. The first-order valence-electron chi connectivity index (χ1n) is 7.82. The molecule has 0 spiro atoms. The first-order valence-corrected chi connectivity index (χ1v) is 8.64. The number of rotatable bonds is 3. The van der Waals surface area contributed by atoms with Gasteiger partial charge in [-0.05, 0) is 38.1 Å². The van der Waals surface area contributed by atoms with Gasteiger partial charge in [-0.15, -0.1) is 11.3 Å². The molecule has 25 heavy (non-hydrogen) atoms. The number of aryl methyl sites for hydroxylation is 2. The van der Waals surface area contributed by atoms with E-state index in [4.69, 9.17) is 4.52 Å². The fourth-order valence-electron chi connectivity index (χ4n) is 2.73. The average Bonchev–Trinajstić information content (AvgIpc) is 3.18. The van der Waals surface area contributed by atoms with Crippen LogP contribution in [0.1, 0.15) is 21.8 Å². The van der Waals surface area contributed by atoms with E-state index in [2.05, 4.69) is 21.5 Å². The molecule has 0 bridgehead atoms. The molecule has 0 unspecified atom stereocenters. The summed E-state index contributed by atoms with van der Waals surface area (Å²) < 4.78 is 6.20. The average molecular weight is 349 g/mol. The predicted molar refractivity (Wildman–Crippen MR) is 99.0 cm³/mol. The number of benzene rings is 2. The van der Waals surface area contributed by atoms with Crippen molar-refractivity contribution in [3.8, 4) is 10.6 Å². The molecule has 1 N–H and O–H groups in total. The third-order valence-corrected chi connectivity index (χ3v) is 5.01. The van der Waals surface area contributed by atoms with Crippen LogP contribution in [0.2, 0.25) is 0 Å². The third-order valence-electron chi connectivity index (χ3n) is 3.92. The normalized spacial score (nSPS) is 11.0. The van der Waals surface area contributed by atoms with E-state index in [0.717, 1.165) is 20.8 Å². The van der Waals surface area contributed by atoms with E-state index in [1.165, 1.54) is 0 Å². The van der Waals surface area contributed by atoms with Gasteiger partial charge in [0, 0.05) is 11.3 Å². The van der Waals surface area contributed by atoms with Crippen LogP contribution >= 0.6 is 11.3 Å². The van der Waals surface area contributed by atoms with E-state index in [9.17, 15) is 4.79 Å². The van der Waals surface area contributed by atoms with Crippen molar-refractivity contribution in [3.63, 3.8) is 0 Å². The van der Waals surface area contributed by atoms with Crippen molar-refractivity contribution in [3.05, 3.63) is 65.5 Å². The van der Waals surface area contributed by atoms with Gasteiger partial charge in [-0.1, -0.05) is 29.4 Å². The first kappa shape index (κ1) is 15.5. The summed E-state index contributed by atoms with van der Waals surface area (Å²) in [6.45, 7) is 3.48. The number of anilines is 1. The monoisotopic (exact) mass is 349 g/mol. The second-order valence-corrected chi connectivity index (χ2v) is 6.75. The van der Waals surface area contributed by atoms with E-state index in [0.29, 0.717) is 22.7 Å². The maximum Gasteiger partial charge on any atom is 0.261 e. The largest absolute Gasteiger partial charge is 0.361 e. The summed E-state index contributed by atoms with van der Waals surface area (Å²) in [5.74, 6) is 0.287. The molecule has 1 amide bonds. The molecule has 2 aromatic carbocycles. The van der Waals surface area contributed by atoms with Crippen LogP contribution in [0.3, 0.4) is 0 Å². The maximum absolute atomic E-state index is 12.5. The van der Waals surface area contributed by atoms with E-state index < -0.39 is 0 Å². The van der Waals surface area contributed by atoms with Gasteiger partial charge in [0.1, 0.15) is 16.3 Å². The van der Waals surface area contributed by atoms with Crippen LogP contribution in [0.5, 0.6) is 0 Å². The summed E-state index contributed by atoms with van der Waals surface area (Å²) >= 11 is 1.63. The highest BCUT2D eigenvalue weighted by Gasteiger charge is 2.17. The smallest absolute Gasteiger partial charge is 0.261 e. The number of hydrogen-bond acceptors (Lipinski definition) is 5. The minimum atomic E-state index is -0.224. The van der Waals surface area contributed by atoms with Crippen molar-refractivity contribution in [1.82, 2.24) is 10.1 Å². The van der Waals surface area contributed by atoms with Gasteiger partial charge in [-0.2, -0.15) is 0 Å². The lowest BCUT2D eigenvalue weighted by molar-refractivity contribution is 0.102. The molecule has 0 aliphatic heterocycles. The number of hydrogen-bond donors (Lipinski definition) is 1. The lowest BCUT2D eigenvalue weighted by Gasteiger charge is -2.06. The molecule has 4 aromatic rings. The van der Waals surface area contributed by atoms with Crippen LogP contribution in [0.15, 0.2) is 53.1 Å². The van der Waals surface area contributed by atoms with Crippen molar-refractivity contribution >= 4 is 33.1 Å². The number of aromatic nitrogens is 2. The summed E-state index contributed by atoms with van der Waals surface area (Å²) in [7, 11) is 0. The van der Waals surface area contributed by atoms with E-state index in [-0.39, 0.29) is 5.91 Å². The SMILES string of the molecule is Cc1noc(C)c1C(=O)Nc1cccc(-c2nc3ccccc3s2)c1. The molecule has 0 fully saturated rings. The Morgan fingerprint density at radius 2 is 1.96 bits per heavy atom. The molecule has 6 heteroatoms. The molecule has 0 aliphatic carbocycles. The van der Waals surface area contributed by atoms with Crippen molar-refractivity contribution in [1.29, 1.82) is 0 Å². The Morgan fingerprint density at radius 1 is 1.12 bits per heavy atom.